The highest BCUT2D eigenvalue weighted by Crippen LogP contribution is 2.89. The van der Waals surface area contributed by atoms with Crippen LogP contribution in [-0.4, -0.2) is 58.5 Å². The van der Waals surface area contributed by atoms with E-state index < -0.39 is 11.7 Å². The van der Waals surface area contributed by atoms with Gasteiger partial charge in [0.2, 0.25) is 0 Å². The molecular formula is C36H49NO4S2. The van der Waals surface area contributed by atoms with E-state index in [4.69, 9.17) is 4.74 Å². The fourth-order valence-corrected chi connectivity index (χ4v) is 15.9. The van der Waals surface area contributed by atoms with Gasteiger partial charge < -0.3 is 20.3 Å². The van der Waals surface area contributed by atoms with Gasteiger partial charge in [-0.1, -0.05) is 59.7 Å². The minimum Gasteiger partial charge on any atom is -0.391 e. The number of aliphatic hydroxyl groups excluding tert-OH is 1. The second-order valence-corrected chi connectivity index (χ2v) is 18.1. The summed E-state index contributed by atoms with van der Waals surface area (Å²) in [4.78, 5) is 13.7. The van der Waals surface area contributed by atoms with Gasteiger partial charge in [0.1, 0.15) is 11.4 Å². The van der Waals surface area contributed by atoms with Gasteiger partial charge in [-0.05, 0) is 109 Å². The number of fused-ring (bicyclic) bond motifs is 6. The molecule has 1 spiro atoms. The van der Waals surface area contributed by atoms with E-state index in [2.05, 4.69) is 49.5 Å². The van der Waals surface area contributed by atoms with Crippen LogP contribution in [0.15, 0.2) is 30.4 Å². The molecule has 6 aliphatic carbocycles. The summed E-state index contributed by atoms with van der Waals surface area (Å²) >= 11 is 0. The predicted octanol–water partition coefficient (Wildman–Crippen LogP) is 6.32. The summed E-state index contributed by atoms with van der Waals surface area (Å²) in [6.45, 7) is 6.67. The van der Waals surface area contributed by atoms with Crippen LogP contribution in [0.3, 0.4) is 0 Å². The van der Waals surface area contributed by atoms with Gasteiger partial charge in [0.05, 0.1) is 24.2 Å². The molecule has 5 fully saturated rings. The molecule has 1 aromatic rings. The lowest BCUT2D eigenvalue weighted by atomic mass is 9.41. The quantitative estimate of drug-likeness (QED) is 0.269. The van der Waals surface area contributed by atoms with Crippen LogP contribution < -0.4 is 5.32 Å². The average molecular weight is 624 g/mol. The molecule has 1 aromatic carbocycles. The number of ketones is 1. The largest absolute Gasteiger partial charge is 0.391 e. The highest BCUT2D eigenvalue weighted by atomic mass is 33.1. The van der Waals surface area contributed by atoms with Crippen molar-refractivity contribution in [3.63, 3.8) is 0 Å². The number of hydrogen-bond acceptors (Lipinski definition) is 7. The van der Waals surface area contributed by atoms with E-state index in [9.17, 15) is 15.0 Å². The van der Waals surface area contributed by atoms with Gasteiger partial charge in [-0.3, -0.25) is 4.79 Å². The molecule has 7 aliphatic rings. The van der Waals surface area contributed by atoms with Crippen LogP contribution in [0.2, 0.25) is 0 Å². The standard InChI is InChI=1S/C36H49NO4S2/c1-5-22-9-8-21-13-25-23(18-42-43-19-29(20(2)38)37-28(22)14-21)17-34-12-10-24-15-27-32-30(39)16-31(41-4)36(32,40)35(24,33(27,34)3)11-6-7-26(25)34/h6-9,14,20,23-27,29,31-32,37-38,40H,5,10-13,15-19H2,1-4H3. The van der Waals surface area contributed by atoms with E-state index in [1.54, 1.807) is 7.11 Å². The zero-order chi connectivity index (χ0) is 29.9. The van der Waals surface area contributed by atoms with Crippen molar-refractivity contribution in [3.8, 4) is 0 Å². The van der Waals surface area contributed by atoms with Crippen molar-refractivity contribution in [1.29, 1.82) is 0 Å². The molecule has 3 N–H and O–H groups in total. The van der Waals surface area contributed by atoms with Crippen molar-refractivity contribution in [2.24, 2.45) is 51.8 Å². The number of anilines is 1. The molecule has 13 atom stereocenters. The number of ether oxygens (including phenoxy) is 1. The number of carbonyl (C=O) groups is 1. The minimum atomic E-state index is -1.06. The van der Waals surface area contributed by atoms with E-state index in [1.165, 1.54) is 36.1 Å². The summed E-state index contributed by atoms with van der Waals surface area (Å²) in [7, 11) is 5.62. The van der Waals surface area contributed by atoms with Crippen LogP contribution in [0, 0.1) is 51.8 Å². The molecule has 1 heterocycles. The average Bonchev–Trinajstić information content (AvgIpc) is 3.53. The summed E-state index contributed by atoms with van der Waals surface area (Å²) in [5, 5.41) is 27.3. The molecule has 8 rings (SSSR count). The van der Waals surface area contributed by atoms with Gasteiger partial charge >= 0.3 is 0 Å². The molecule has 5 saturated carbocycles. The third kappa shape index (κ3) is 3.48. The van der Waals surface area contributed by atoms with Crippen LogP contribution in [0.4, 0.5) is 5.69 Å². The Morgan fingerprint density at radius 1 is 1.21 bits per heavy atom. The first-order valence-electron chi connectivity index (χ1n) is 16.9. The fraction of sp³-hybridized carbons (Fsp3) is 0.750. The van der Waals surface area contributed by atoms with E-state index in [0.29, 0.717) is 30.1 Å². The van der Waals surface area contributed by atoms with Crippen molar-refractivity contribution in [3.05, 3.63) is 41.5 Å². The SMILES string of the molecule is CCc1ccc2cc1NC(C(C)O)CSSCC1CC34CCC5CC6C7C(=O)CC(OC)C7(O)C5(CC=CC3C1C2)C64C. The second kappa shape index (κ2) is 10.0. The number of allylic oxidation sites excluding steroid dienone is 2. The maximum atomic E-state index is 13.7. The second-order valence-electron chi connectivity index (χ2n) is 15.5. The topological polar surface area (TPSA) is 78.8 Å². The molecule has 0 radical (unpaired) electrons. The highest BCUT2D eigenvalue weighted by molar-refractivity contribution is 8.76. The molecule has 0 saturated heterocycles. The molecule has 7 heteroatoms. The highest BCUT2D eigenvalue weighted by Gasteiger charge is 2.90. The molecule has 5 nitrogen and oxygen atoms in total. The van der Waals surface area contributed by atoms with Gasteiger partial charge in [-0.15, -0.1) is 0 Å². The zero-order valence-electron chi connectivity index (χ0n) is 26.2. The van der Waals surface area contributed by atoms with E-state index in [-0.39, 0.29) is 46.0 Å². The van der Waals surface area contributed by atoms with E-state index in [0.717, 1.165) is 37.2 Å². The Kier molecular flexibility index (Phi) is 6.84. The number of benzene rings is 1. The Labute approximate surface area is 265 Å². The van der Waals surface area contributed by atoms with Crippen molar-refractivity contribution < 1.29 is 19.7 Å². The Balaban J connectivity index is 1.24. The van der Waals surface area contributed by atoms with Crippen molar-refractivity contribution in [2.45, 2.75) is 96.0 Å². The fourth-order valence-electron chi connectivity index (χ4n) is 13.1. The van der Waals surface area contributed by atoms with Crippen LogP contribution in [-0.2, 0) is 22.4 Å². The third-order valence-corrected chi connectivity index (χ3v) is 17.2. The molecule has 0 amide bonds. The molecule has 13 unspecified atom stereocenters. The first-order chi connectivity index (χ1) is 20.7. The van der Waals surface area contributed by atoms with Gasteiger partial charge in [-0.25, -0.2) is 0 Å². The maximum absolute atomic E-state index is 13.7. The van der Waals surface area contributed by atoms with Crippen LogP contribution in [0.25, 0.3) is 0 Å². The normalized spacial score (nSPS) is 50.1. The van der Waals surface area contributed by atoms with E-state index in [1.807, 2.05) is 28.5 Å². The number of rotatable bonds is 3. The van der Waals surface area contributed by atoms with Crippen molar-refractivity contribution in [2.75, 3.05) is 23.9 Å². The summed E-state index contributed by atoms with van der Waals surface area (Å²) in [5.74, 6) is 4.22. The Hall–Kier alpha value is -0.990. The van der Waals surface area contributed by atoms with Gasteiger partial charge in [-0.2, -0.15) is 0 Å². The number of carbonyl (C=O) groups excluding carboxylic acids is 1. The number of Topliss-reactive ketones (excluding diaryl/α,β-unsaturated/α-hetero) is 1. The molecule has 7 bridgehead atoms. The lowest BCUT2D eigenvalue weighted by molar-refractivity contribution is -0.231. The minimum absolute atomic E-state index is 0.0130. The van der Waals surface area contributed by atoms with Gasteiger partial charge in [0.15, 0.2) is 0 Å². The first-order valence-corrected chi connectivity index (χ1v) is 19.4. The Bertz CT molecular complexity index is 1350. The molecule has 43 heavy (non-hydrogen) atoms. The van der Waals surface area contributed by atoms with Gasteiger partial charge in [0, 0.05) is 36.1 Å². The first kappa shape index (κ1) is 29.4. The van der Waals surface area contributed by atoms with E-state index >= 15 is 0 Å². The Morgan fingerprint density at radius 3 is 2.79 bits per heavy atom. The number of aliphatic hydroxyl groups is 2. The number of hydrogen-bond donors (Lipinski definition) is 3. The van der Waals surface area contributed by atoms with Crippen LogP contribution in [0.5, 0.6) is 0 Å². The lowest BCUT2D eigenvalue weighted by Crippen LogP contribution is -2.65. The smallest absolute Gasteiger partial charge is 0.141 e. The summed E-state index contributed by atoms with van der Waals surface area (Å²) in [5.41, 5.74) is 2.53. The zero-order valence-corrected chi connectivity index (χ0v) is 27.8. The number of nitrogens with one attached hydrogen (secondary N) is 1. The number of methoxy groups -OCH3 is 1. The summed E-state index contributed by atoms with van der Waals surface area (Å²) in [6.07, 6.45) is 12.2. The third-order valence-electron chi connectivity index (χ3n) is 14.7. The monoisotopic (exact) mass is 623 g/mol. The molecule has 0 aromatic heterocycles. The van der Waals surface area contributed by atoms with Gasteiger partial charge in [0.25, 0.3) is 0 Å². The number of aryl methyl sites for hydroxylation is 1. The lowest BCUT2D eigenvalue weighted by Gasteiger charge is -2.63. The molecule has 1 aliphatic heterocycles. The predicted molar refractivity (Wildman–Crippen MR) is 175 cm³/mol. The van der Waals surface area contributed by atoms with Crippen LogP contribution in [0.1, 0.15) is 70.4 Å². The van der Waals surface area contributed by atoms with Crippen LogP contribution >= 0.6 is 21.6 Å². The molecular weight excluding hydrogens is 575 g/mol. The van der Waals surface area contributed by atoms with Crippen molar-refractivity contribution >= 4 is 33.1 Å². The molecule has 234 valence electrons. The Morgan fingerprint density at radius 2 is 2.02 bits per heavy atom. The van der Waals surface area contributed by atoms with Crippen molar-refractivity contribution in [1.82, 2.24) is 0 Å². The summed E-state index contributed by atoms with van der Waals surface area (Å²) in [6, 6.07) is 7.05. The summed E-state index contributed by atoms with van der Waals surface area (Å²) < 4.78 is 6.02. The maximum Gasteiger partial charge on any atom is 0.141 e.